The number of halogens is 3. The monoisotopic (exact) mass is 314 g/mol. The fourth-order valence-corrected chi connectivity index (χ4v) is 3.14. The fourth-order valence-electron chi connectivity index (χ4n) is 3.14. The van der Waals surface area contributed by atoms with Gasteiger partial charge in [-0.3, -0.25) is 4.79 Å². The lowest BCUT2D eigenvalue weighted by atomic mass is 9.80. The van der Waals surface area contributed by atoms with Gasteiger partial charge in [-0.25, -0.2) is 0 Å². The number of alkyl halides is 3. The van der Waals surface area contributed by atoms with Gasteiger partial charge in [0.05, 0.1) is 0 Å². The number of piperidine rings is 1. The van der Waals surface area contributed by atoms with Crippen molar-refractivity contribution in [3.63, 3.8) is 0 Å². The van der Waals surface area contributed by atoms with Crippen LogP contribution in [0.5, 0.6) is 0 Å². The Morgan fingerprint density at radius 3 is 2.64 bits per heavy atom. The highest BCUT2D eigenvalue weighted by Crippen LogP contribution is 2.32. The van der Waals surface area contributed by atoms with Gasteiger partial charge in [0.1, 0.15) is 0 Å². The second kappa shape index (κ2) is 6.69. The number of aryl methyl sites for hydroxylation is 1. The molecule has 2 rings (SSSR count). The van der Waals surface area contributed by atoms with Crippen LogP contribution in [0.2, 0.25) is 0 Å². The van der Waals surface area contributed by atoms with Crippen LogP contribution in [0.1, 0.15) is 36.8 Å². The highest BCUT2D eigenvalue weighted by atomic mass is 19.4. The molecule has 0 spiro atoms. The van der Waals surface area contributed by atoms with E-state index in [0.29, 0.717) is 13.0 Å². The number of benzene rings is 1. The summed E-state index contributed by atoms with van der Waals surface area (Å²) in [7, 11) is 0. The second-order valence-electron chi connectivity index (χ2n) is 5.79. The van der Waals surface area contributed by atoms with E-state index in [1.165, 1.54) is 0 Å². The van der Waals surface area contributed by atoms with Gasteiger partial charge in [0, 0.05) is 24.5 Å². The van der Waals surface area contributed by atoms with Crippen LogP contribution >= 0.6 is 0 Å². The van der Waals surface area contributed by atoms with Crippen molar-refractivity contribution in [3.8, 4) is 0 Å². The summed E-state index contributed by atoms with van der Waals surface area (Å²) in [4.78, 5) is 11.1. The van der Waals surface area contributed by atoms with Crippen LogP contribution in [0, 0.1) is 6.92 Å². The molecule has 22 heavy (non-hydrogen) atoms. The van der Waals surface area contributed by atoms with E-state index in [1.54, 1.807) is 0 Å². The van der Waals surface area contributed by atoms with Gasteiger partial charge < -0.3 is 10.6 Å². The zero-order valence-electron chi connectivity index (χ0n) is 12.7. The zero-order valence-corrected chi connectivity index (χ0v) is 12.7. The van der Waals surface area contributed by atoms with E-state index >= 15 is 0 Å². The molecule has 3 nitrogen and oxygen atoms in total. The van der Waals surface area contributed by atoms with Gasteiger partial charge in [-0.2, -0.15) is 13.2 Å². The van der Waals surface area contributed by atoms with Gasteiger partial charge in [0.15, 0.2) is 0 Å². The lowest BCUT2D eigenvalue weighted by Gasteiger charge is -2.38. The van der Waals surface area contributed by atoms with Crippen molar-refractivity contribution < 1.29 is 18.0 Å². The van der Waals surface area contributed by atoms with Crippen LogP contribution < -0.4 is 10.6 Å². The first kappa shape index (κ1) is 16.8. The van der Waals surface area contributed by atoms with Gasteiger partial charge in [-0.05, 0) is 30.9 Å². The highest BCUT2D eigenvalue weighted by Gasteiger charge is 2.41. The molecule has 0 aromatic heterocycles. The van der Waals surface area contributed by atoms with Gasteiger partial charge in [0.25, 0.3) is 0 Å². The third-order valence-corrected chi connectivity index (χ3v) is 4.27. The number of amides is 1. The largest absolute Gasteiger partial charge is 0.471 e. The van der Waals surface area contributed by atoms with E-state index in [2.05, 4.69) is 17.6 Å². The van der Waals surface area contributed by atoms with Crippen LogP contribution in [0.3, 0.4) is 0 Å². The SMILES string of the molecule is CCC1NCC(NC(=O)C(F)(F)F)CC1c1ccccc1C. The van der Waals surface area contributed by atoms with Gasteiger partial charge in [-0.15, -0.1) is 0 Å². The first-order valence-corrected chi connectivity index (χ1v) is 7.49. The predicted molar refractivity (Wildman–Crippen MR) is 78.6 cm³/mol. The summed E-state index contributed by atoms with van der Waals surface area (Å²) in [6.07, 6.45) is -3.43. The maximum atomic E-state index is 12.4. The van der Waals surface area contributed by atoms with E-state index in [1.807, 2.05) is 31.2 Å². The lowest BCUT2D eigenvalue weighted by Crippen LogP contribution is -2.54. The minimum absolute atomic E-state index is 0.0958. The maximum absolute atomic E-state index is 12.4. The standard InChI is InChI=1S/C16H21F3N2O/c1-3-14-13(12-7-5-4-6-10(12)2)8-11(9-20-14)21-15(22)16(17,18)19/h4-7,11,13-14,20H,3,8-9H2,1-2H3,(H,21,22). The van der Waals surface area contributed by atoms with Crippen LogP contribution in [-0.4, -0.2) is 30.7 Å². The summed E-state index contributed by atoms with van der Waals surface area (Å²) >= 11 is 0. The Hall–Kier alpha value is -1.56. The number of carbonyl (C=O) groups excluding carboxylic acids is 1. The molecule has 6 heteroatoms. The van der Waals surface area contributed by atoms with Gasteiger partial charge in [-0.1, -0.05) is 31.2 Å². The molecule has 1 amide bonds. The second-order valence-corrected chi connectivity index (χ2v) is 5.79. The molecule has 0 bridgehead atoms. The fraction of sp³-hybridized carbons (Fsp3) is 0.562. The van der Waals surface area contributed by atoms with E-state index in [-0.39, 0.29) is 12.0 Å². The molecular formula is C16H21F3N2O. The van der Waals surface area contributed by atoms with Crippen LogP contribution in [0.4, 0.5) is 13.2 Å². The Labute approximate surface area is 128 Å². The maximum Gasteiger partial charge on any atom is 0.471 e. The molecule has 1 aliphatic heterocycles. The molecule has 3 atom stereocenters. The van der Waals surface area contributed by atoms with Crippen LogP contribution in [-0.2, 0) is 4.79 Å². The molecule has 1 aromatic rings. The molecule has 0 saturated carbocycles. The van der Waals surface area contributed by atoms with E-state index in [9.17, 15) is 18.0 Å². The highest BCUT2D eigenvalue weighted by molar-refractivity contribution is 5.82. The molecule has 1 heterocycles. The van der Waals surface area contributed by atoms with Crippen LogP contribution in [0.15, 0.2) is 24.3 Å². The van der Waals surface area contributed by atoms with Crippen LogP contribution in [0.25, 0.3) is 0 Å². The molecule has 2 N–H and O–H groups in total. The number of hydrogen-bond donors (Lipinski definition) is 2. The van der Waals surface area contributed by atoms with Gasteiger partial charge >= 0.3 is 12.1 Å². The molecule has 3 unspecified atom stereocenters. The van der Waals surface area contributed by atoms with Crippen molar-refractivity contribution in [1.82, 2.24) is 10.6 Å². The van der Waals surface area contributed by atoms with Gasteiger partial charge in [0.2, 0.25) is 0 Å². The Morgan fingerprint density at radius 2 is 2.05 bits per heavy atom. The van der Waals surface area contributed by atoms with Crippen molar-refractivity contribution in [2.45, 2.75) is 50.9 Å². The third-order valence-electron chi connectivity index (χ3n) is 4.27. The summed E-state index contributed by atoms with van der Waals surface area (Å²) in [6, 6.07) is 7.59. The Balaban J connectivity index is 2.14. The zero-order chi connectivity index (χ0) is 16.3. The van der Waals surface area contributed by atoms with E-state index in [4.69, 9.17) is 0 Å². The predicted octanol–water partition coefficient (Wildman–Crippen LogP) is 2.90. The summed E-state index contributed by atoms with van der Waals surface area (Å²) in [5.41, 5.74) is 2.25. The van der Waals surface area contributed by atoms with Crippen molar-refractivity contribution >= 4 is 5.91 Å². The average molecular weight is 314 g/mol. The summed E-state index contributed by atoms with van der Waals surface area (Å²) in [6.45, 7) is 4.42. The first-order valence-electron chi connectivity index (χ1n) is 7.49. The van der Waals surface area contributed by atoms with E-state index in [0.717, 1.165) is 17.5 Å². The third kappa shape index (κ3) is 3.80. The average Bonchev–Trinajstić information content (AvgIpc) is 2.46. The van der Waals surface area contributed by atoms with Crippen molar-refractivity contribution in [2.24, 2.45) is 0 Å². The molecule has 1 saturated heterocycles. The molecule has 1 fully saturated rings. The number of nitrogens with one attached hydrogen (secondary N) is 2. The topological polar surface area (TPSA) is 41.1 Å². The Kier molecular flexibility index (Phi) is 5.11. The lowest BCUT2D eigenvalue weighted by molar-refractivity contribution is -0.174. The van der Waals surface area contributed by atoms with Crippen molar-refractivity contribution in [3.05, 3.63) is 35.4 Å². The minimum atomic E-state index is -4.83. The molecule has 0 aliphatic carbocycles. The van der Waals surface area contributed by atoms with E-state index < -0.39 is 18.1 Å². The molecule has 122 valence electrons. The Morgan fingerprint density at radius 1 is 1.36 bits per heavy atom. The number of hydrogen-bond acceptors (Lipinski definition) is 2. The summed E-state index contributed by atoms with van der Waals surface area (Å²) in [5, 5.41) is 5.37. The molecule has 1 aromatic carbocycles. The number of carbonyl (C=O) groups is 1. The minimum Gasteiger partial charge on any atom is -0.344 e. The molecule has 1 aliphatic rings. The molecule has 0 radical (unpaired) electrons. The van der Waals surface area contributed by atoms with Crippen molar-refractivity contribution in [2.75, 3.05) is 6.54 Å². The quantitative estimate of drug-likeness (QED) is 0.901. The smallest absolute Gasteiger partial charge is 0.344 e. The first-order chi connectivity index (χ1) is 10.3. The summed E-state index contributed by atoms with van der Waals surface area (Å²) in [5.74, 6) is -1.77. The number of rotatable bonds is 3. The molecular weight excluding hydrogens is 293 g/mol. The van der Waals surface area contributed by atoms with Crippen molar-refractivity contribution in [1.29, 1.82) is 0 Å². The normalized spacial score (nSPS) is 25.8. The summed E-state index contributed by atoms with van der Waals surface area (Å²) < 4.78 is 37.2. The Bertz CT molecular complexity index is 530.